The van der Waals surface area contributed by atoms with Gasteiger partial charge in [0.2, 0.25) is 5.82 Å². The van der Waals surface area contributed by atoms with E-state index in [1.807, 2.05) is 61.7 Å². The molecule has 0 unspecified atom stereocenters. The van der Waals surface area contributed by atoms with Gasteiger partial charge < -0.3 is 9.51 Å². The molecule has 0 atom stereocenters. The van der Waals surface area contributed by atoms with Crippen molar-refractivity contribution < 1.29 is 4.52 Å². The number of hydrogen-bond donors (Lipinski definition) is 1. The second-order valence-corrected chi connectivity index (χ2v) is 5.04. The van der Waals surface area contributed by atoms with Gasteiger partial charge in [0, 0.05) is 22.7 Å². The van der Waals surface area contributed by atoms with E-state index < -0.39 is 0 Å². The summed E-state index contributed by atoms with van der Waals surface area (Å²) in [6.45, 7) is 2.05. The molecule has 0 aliphatic carbocycles. The Hall–Kier alpha value is -2.88. The molecule has 0 saturated heterocycles. The van der Waals surface area contributed by atoms with E-state index in [1.165, 1.54) is 5.56 Å². The molecule has 0 bridgehead atoms. The molecule has 2 heterocycles. The molecular formula is C17H13N3O. The van der Waals surface area contributed by atoms with Gasteiger partial charge in [0.1, 0.15) is 0 Å². The van der Waals surface area contributed by atoms with Gasteiger partial charge in [0.05, 0.1) is 5.56 Å². The molecule has 0 amide bonds. The van der Waals surface area contributed by atoms with E-state index in [0.717, 1.165) is 22.0 Å². The fourth-order valence-electron chi connectivity index (χ4n) is 2.48. The summed E-state index contributed by atoms with van der Waals surface area (Å²) in [5, 5.41) is 5.17. The van der Waals surface area contributed by atoms with Gasteiger partial charge >= 0.3 is 0 Å². The summed E-state index contributed by atoms with van der Waals surface area (Å²) in [7, 11) is 0. The Balaban J connectivity index is 1.81. The molecule has 0 aliphatic rings. The Morgan fingerprint density at radius 3 is 2.86 bits per heavy atom. The summed E-state index contributed by atoms with van der Waals surface area (Å²) < 4.78 is 5.43. The molecule has 4 nitrogen and oxygen atoms in total. The molecule has 21 heavy (non-hydrogen) atoms. The number of H-pyrrole nitrogens is 1. The topological polar surface area (TPSA) is 54.7 Å². The summed E-state index contributed by atoms with van der Waals surface area (Å²) in [4.78, 5) is 7.73. The van der Waals surface area contributed by atoms with Crippen LogP contribution in [0.25, 0.3) is 33.7 Å². The van der Waals surface area contributed by atoms with Gasteiger partial charge in [-0.25, -0.2) is 0 Å². The lowest BCUT2D eigenvalue weighted by Crippen LogP contribution is -1.82. The van der Waals surface area contributed by atoms with E-state index in [2.05, 4.69) is 15.1 Å². The van der Waals surface area contributed by atoms with Crippen LogP contribution in [0.3, 0.4) is 0 Å². The smallest absolute Gasteiger partial charge is 0.260 e. The van der Waals surface area contributed by atoms with Crippen molar-refractivity contribution >= 4 is 10.9 Å². The fraction of sp³-hybridized carbons (Fsp3) is 0.0588. The summed E-state index contributed by atoms with van der Waals surface area (Å²) in [6.07, 6.45) is 1.90. The van der Waals surface area contributed by atoms with Crippen LogP contribution < -0.4 is 0 Å². The monoisotopic (exact) mass is 275 g/mol. The molecule has 102 valence electrons. The Kier molecular flexibility index (Phi) is 2.60. The molecule has 0 saturated carbocycles. The fourth-order valence-corrected chi connectivity index (χ4v) is 2.48. The van der Waals surface area contributed by atoms with Crippen molar-refractivity contribution in [1.82, 2.24) is 15.1 Å². The zero-order valence-corrected chi connectivity index (χ0v) is 11.5. The van der Waals surface area contributed by atoms with Crippen LogP contribution in [0.15, 0.2) is 59.3 Å². The number of aromatic amines is 1. The van der Waals surface area contributed by atoms with Gasteiger partial charge in [0.25, 0.3) is 5.89 Å². The molecule has 0 radical (unpaired) electrons. The van der Waals surface area contributed by atoms with Crippen molar-refractivity contribution in [2.45, 2.75) is 6.92 Å². The average molecular weight is 275 g/mol. The van der Waals surface area contributed by atoms with Crippen molar-refractivity contribution in [3.8, 4) is 22.8 Å². The van der Waals surface area contributed by atoms with Crippen LogP contribution in [0, 0.1) is 6.92 Å². The Morgan fingerprint density at radius 2 is 1.95 bits per heavy atom. The molecule has 4 rings (SSSR count). The maximum absolute atomic E-state index is 5.43. The largest absolute Gasteiger partial charge is 0.360 e. The van der Waals surface area contributed by atoms with Crippen LogP contribution in [-0.4, -0.2) is 15.1 Å². The highest BCUT2D eigenvalue weighted by Crippen LogP contribution is 2.28. The SMILES string of the molecule is Cc1cccc(-c2noc(-c3c[nH]c4ccccc34)n2)c1. The normalized spacial score (nSPS) is 11.1. The zero-order chi connectivity index (χ0) is 14.2. The third kappa shape index (κ3) is 2.01. The summed E-state index contributed by atoms with van der Waals surface area (Å²) in [5.41, 5.74) is 4.12. The number of aryl methyl sites for hydroxylation is 1. The van der Waals surface area contributed by atoms with Crippen molar-refractivity contribution in [3.05, 3.63) is 60.3 Å². The predicted octanol–water partition coefficient (Wildman–Crippen LogP) is 4.19. The van der Waals surface area contributed by atoms with Gasteiger partial charge in [-0.05, 0) is 19.1 Å². The van der Waals surface area contributed by atoms with Gasteiger partial charge in [0.15, 0.2) is 0 Å². The molecule has 1 N–H and O–H groups in total. The Bertz CT molecular complexity index is 920. The lowest BCUT2D eigenvalue weighted by molar-refractivity contribution is 0.432. The summed E-state index contributed by atoms with van der Waals surface area (Å²) in [6, 6.07) is 16.1. The van der Waals surface area contributed by atoms with E-state index >= 15 is 0 Å². The minimum absolute atomic E-state index is 0.531. The maximum atomic E-state index is 5.43. The number of nitrogens with one attached hydrogen (secondary N) is 1. The minimum Gasteiger partial charge on any atom is -0.360 e. The number of hydrogen-bond acceptors (Lipinski definition) is 3. The van der Waals surface area contributed by atoms with Crippen LogP contribution in [0.2, 0.25) is 0 Å². The van der Waals surface area contributed by atoms with Crippen molar-refractivity contribution in [3.63, 3.8) is 0 Å². The zero-order valence-electron chi connectivity index (χ0n) is 11.5. The maximum Gasteiger partial charge on any atom is 0.260 e. The molecule has 4 aromatic rings. The highest BCUT2D eigenvalue weighted by atomic mass is 16.5. The standard InChI is InChI=1S/C17H13N3O/c1-11-5-4-6-12(9-11)16-19-17(21-20-16)14-10-18-15-8-3-2-7-13(14)15/h2-10,18H,1H3. The first-order valence-corrected chi connectivity index (χ1v) is 6.78. The van der Waals surface area contributed by atoms with E-state index in [0.29, 0.717) is 11.7 Å². The van der Waals surface area contributed by atoms with E-state index in [-0.39, 0.29) is 0 Å². The minimum atomic E-state index is 0.531. The lowest BCUT2D eigenvalue weighted by atomic mass is 10.1. The summed E-state index contributed by atoms with van der Waals surface area (Å²) in [5.74, 6) is 1.14. The molecule has 0 fully saturated rings. The Labute approximate surface area is 121 Å². The third-order valence-electron chi connectivity index (χ3n) is 3.52. The predicted molar refractivity (Wildman–Crippen MR) is 81.8 cm³/mol. The van der Waals surface area contributed by atoms with Crippen molar-refractivity contribution in [2.75, 3.05) is 0 Å². The van der Waals surface area contributed by atoms with Crippen LogP contribution in [0.4, 0.5) is 0 Å². The van der Waals surface area contributed by atoms with Gasteiger partial charge in [-0.2, -0.15) is 4.98 Å². The number of para-hydroxylation sites is 1. The average Bonchev–Trinajstić information content (AvgIpc) is 3.14. The molecule has 2 aromatic carbocycles. The number of rotatable bonds is 2. The molecular weight excluding hydrogens is 262 g/mol. The molecule has 0 spiro atoms. The number of fused-ring (bicyclic) bond motifs is 1. The molecule has 0 aliphatic heterocycles. The first-order chi connectivity index (χ1) is 10.3. The lowest BCUT2D eigenvalue weighted by Gasteiger charge is -1.95. The first-order valence-electron chi connectivity index (χ1n) is 6.78. The van der Waals surface area contributed by atoms with E-state index in [9.17, 15) is 0 Å². The van der Waals surface area contributed by atoms with Crippen molar-refractivity contribution in [2.24, 2.45) is 0 Å². The first kappa shape index (κ1) is 11.9. The second kappa shape index (κ2) is 4.59. The van der Waals surface area contributed by atoms with Gasteiger partial charge in [-0.15, -0.1) is 0 Å². The Morgan fingerprint density at radius 1 is 1.05 bits per heavy atom. The van der Waals surface area contributed by atoms with Crippen LogP contribution >= 0.6 is 0 Å². The highest BCUT2D eigenvalue weighted by molar-refractivity contribution is 5.93. The van der Waals surface area contributed by atoms with Crippen LogP contribution in [0.5, 0.6) is 0 Å². The quantitative estimate of drug-likeness (QED) is 0.596. The molecule has 2 aromatic heterocycles. The number of nitrogens with zero attached hydrogens (tertiary/aromatic N) is 2. The number of benzene rings is 2. The van der Waals surface area contributed by atoms with Crippen LogP contribution in [-0.2, 0) is 0 Å². The second-order valence-electron chi connectivity index (χ2n) is 5.04. The highest BCUT2D eigenvalue weighted by Gasteiger charge is 2.14. The molecule has 4 heteroatoms. The number of aromatic nitrogens is 3. The van der Waals surface area contributed by atoms with Crippen LogP contribution in [0.1, 0.15) is 5.56 Å². The van der Waals surface area contributed by atoms with Crippen molar-refractivity contribution in [1.29, 1.82) is 0 Å². The van der Waals surface area contributed by atoms with E-state index in [4.69, 9.17) is 4.52 Å². The van der Waals surface area contributed by atoms with Gasteiger partial charge in [-0.3, -0.25) is 0 Å². The summed E-state index contributed by atoms with van der Waals surface area (Å²) >= 11 is 0. The van der Waals surface area contributed by atoms with E-state index in [1.54, 1.807) is 0 Å². The third-order valence-corrected chi connectivity index (χ3v) is 3.52. The van der Waals surface area contributed by atoms with Gasteiger partial charge in [-0.1, -0.05) is 47.1 Å².